The molecule has 4 rings (SSSR count). The number of rotatable bonds is 5. The highest BCUT2D eigenvalue weighted by Crippen LogP contribution is 2.21. The number of nitrogens with zero attached hydrogens (tertiary/aromatic N) is 5. The molecule has 2 N–H and O–H groups in total. The van der Waals surface area contributed by atoms with E-state index in [0.717, 1.165) is 66.7 Å². The van der Waals surface area contributed by atoms with Crippen LogP contribution in [0.3, 0.4) is 0 Å². The largest absolute Gasteiger partial charge is 0.393 e. The maximum absolute atomic E-state index is 14.5. The summed E-state index contributed by atoms with van der Waals surface area (Å²) in [5.74, 6) is -0.104. The number of halogens is 1. The normalized spacial score (nSPS) is 15.5. The summed E-state index contributed by atoms with van der Waals surface area (Å²) < 4.78 is 16.0. The highest BCUT2D eigenvalue weighted by atomic mass is 19.1. The fourth-order valence-electron chi connectivity index (χ4n) is 3.83. The summed E-state index contributed by atoms with van der Waals surface area (Å²) in [4.78, 5) is 10.7. The number of aliphatic hydroxyl groups is 1. The Balaban J connectivity index is 1.55. The standard InChI is InChI=1S/C22H27FN6O/c1-14-8-15(2)10-18(9-14)25-22-24-11-20(23)21(26-22)29-13-17(16(3)27-29)12-28-6-4-19(30)5-7-28/h8-11,13,19,30H,4-7,12H2,1-3H3,(H,24,25,26). The Morgan fingerprint density at radius 1 is 1.13 bits per heavy atom. The molecule has 158 valence electrons. The molecular formula is C22H27FN6O. The van der Waals surface area contributed by atoms with Crippen molar-refractivity contribution in [2.24, 2.45) is 0 Å². The van der Waals surface area contributed by atoms with Crippen molar-refractivity contribution in [3.05, 3.63) is 58.8 Å². The van der Waals surface area contributed by atoms with E-state index in [9.17, 15) is 9.50 Å². The van der Waals surface area contributed by atoms with Crippen LogP contribution in [0.2, 0.25) is 0 Å². The molecule has 7 nitrogen and oxygen atoms in total. The Morgan fingerprint density at radius 3 is 2.53 bits per heavy atom. The maximum Gasteiger partial charge on any atom is 0.229 e. The summed E-state index contributed by atoms with van der Waals surface area (Å²) in [5.41, 5.74) is 4.96. The fraction of sp³-hybridized carbons (Fsp3) is 0.409. The number of nitrogens with one attached hydrogen (secondary N) is 1. The summed E-state index contributed by atoms with van der Waals surface area (Å²) in [6.45, 7) is 8.37. The second-order valence-electron chi connectivity index (χ2n) is 8.06. The van der Waals surface area contributed by atoms with Gasteiger partial charge < -0.3 is 10.4 Å². The van der Waals surface area contributed by atoms with Crippen molar-refractivity contribution < 1.29 is 9.50 Å². The smallest absolute Gasteiger partial charge is 0.229 e. The first-order chi connectivity index (χ1) is 14.4. The Kier molecular flexibility index (Phi) is 5.78. The highest BCUT2D eigenvalue weighted by Gasteiger charge is 2.19. The van der Waals surface area contributed by atoms with Gasteiger partial charge in [-0.25, -0.2) is 14.1 Å². The molecule has 0 atom stereocenters. The second-order valence-corrected chi connectivity index (χ2v) is 8.06. The summed E-state index contributed by atoms with van der Waals surface area (Å²) in [6, 6.07) is 6.06. The van der Waals surface area contributed by atoms with Gasteiger partial charge in [-0.1, -0.05) is 6.07 Å². The molecule has 0 unspecified atom stereocenters. The zero-order valence-electron chi connectivity index (χ0n) is 17.6. The lowest BCUT2D eigenvalue weighted by Crippen LogP contribution is -2.35. The van der Waals surface area contributed by atoms with Crippen LogP contribution in [0.15, 0.2) is 30.6 Å². The van der Waals surface area contributed by atoms with Crippen LogP contribution < -0.4 is 5.32 Å². The van der Waals surface area contributed by atoms with E-state index < -0.39 is 5.82 Å². The molecule has 0 bridgehead atoms. The number of aromatic nitrogens is 4. The van der Waals surface area contributed by atoms with E-state index in [4.69, 9.17) is 0 Å². The zero-order chi connectivity index (χ0) is 21.3. The van der Waals surface area contributed by atoms with Gasteiger partial charge in [0, 0.05) is 37.1 Å². The van der Waals surface area contributed by atoms with E-state index in [1.807, 2.05) is 39.1 Å². The third kappa shape index (κ3) is 4.66. The molecule has 0 aliphatic carbocycles. The quantitative estimate of drug-likeness (QED) is 0.671. The third-order valence-electron chi connectivity index (χ3n) is 5.37. The second kappa shape index (κ2) is 8.49. The van der Waals surface area contributed by atoms with Crippen LogP contribution in [0, 0.1) is 26.6 Å². The fourth-order valence-corrected chi connectivity index (χ4v) is 3.83. The average molecular weight is 410 g/mol. The SMILES string of the molecule is Cc1cc(C)cc(Nc2ncc(F)c(-n3cc(CN4CCC(O)CC4)c(C)n3)n2)c1. The van der Waals surface area contributed by atoms with Gasteiger partial charge in [0.1, 0.15) is 0 Å². The average Bonchev–Trinajstić information content (AvgIpc) is 3.04. The zero-order valence-corrected chi connectivity index (χ0v) is 17.6. The Hall–Kier alpha value is -2.84. The first-order valence-corrected chi connectivity index (χ1v) is 10.2. The number of anilines is 2. The number of benzene rings is 1. The third-order valence-corrected chi connectivity index (χ3v) is 5.37. The molecule has 2 aromatic heterocycles. The Bertz CT molecular complexity index is 1020. The van der Waals surface area contributed by atoms with Crippen LogP contribution in [0.25, 0.3) is 5.82 Å². The lowest BCUT2D eigenvalue weighted by Gasteiger charge is -2.29. The van der Waals surface area contributed by atoms with Gasteiger partial charge in [0.25, 0.3) is 0 Å². The molecule has 1 aromatic carbocycles. The van der Waals surface area contributed by atoms with Crippen molar-refractivity contribution in [2.45, 2.75) is 46.3 Å². The molecule has 1 saturated heterocycles. The van der Waals surface area contributed by atoms with E-state index in [1.165, 1.54) is 4.68 Å². The van der Waals surface area contributed by atoms with E-state index in [-0.39, 0.29) is 11.9 Å². The van der Waals surface area contributed by atoms with Gasteiger partial charge >= 0.3 is 0 Å². The van der Waals surface area contributed by atoms with Crippen molar-refractivity contribution in [1.29, 1.82) is 0 Å². The summed E-state index contributed by atoms with van der Waals surface area (Å²) in [5, 5.41) is 17.3. The number of aliphatic hydroxyl groups excluding tert-OH is 1. The summed E-state index contributed by atoms with van der Waals surface area (Å²) >= 11 is 0. The lowest BCUT2D eigenvalue weighted by molar-refractivity contribution is 0.0791. The van der Waals surface area contributed by atoms with Crippen molar-refractivity contribution in [3.8, 4) is 5.82 Å². The molecule has 0 spiro atoms. The van der Waals surface area contributed by atoms with Crippen LogP contribution in [0.4, 0.5) is 16.0 Å². The molecule has 3 aromatic rings. The van der Waals surface area contributed by atoms with Crippen molar-refractivity contribution >= 4 is 11.6 Å². The number of likely N-dealkylation sites (tertiary alicyclic amines) is 1. The van der Waals surface area contributed by atoms with Crippen LogP contribution in [-0.2, 0) is 6.54 Å². The first-order valence-electron chi connectivity index (χ1n) is 10.2. The minimum atomic E-state index is -0.531. The Morgan fingerprint density at radius 2 is 1.83 bits per heavy atom. The number of aryl methyl sites for hydroxylation is 3. The van der Waals surface area contributed by atoms with Gasteiger partial charge in [-0.2, -0.15) is 10.1 Å². The molecule has 1 fully saturated rings. The minimum Gasteiger partial charge on any atom is -0.393 e. The van der Waals surface area contributed by atoms with Gasteiger partial charge in [0.15, 0.2) is 11.6 Å². The lowest BCUT2D eigenvalue weighted by atomic mass is 10.1. The minimum absolute atomic E-state index is 0.111. The molecule has 3 heterocycles. The van der Waals surface area contributed by atoms with E-state index >= 15 is 0 Å². The maximum atomic E-state index is 14.5. The van der Waals surface area contributed by atoms with Crippen molar-refractivity contribution in [2.75, 3.05) is 18.4 Å². The van der Waals surface area contributed by atoms with Crippen molar-refractivity contribution in [3.63, 3.8) is 0 Å². The molecule has 0 saturated carbocycles. The van der Waals surface area contributed by atoms with E-state index in [1.54, 1.807) is 0 Å². The monoisotopic (exact) mass is 410 g/mol. The molecule has 0 radical (unpaired) electrons. The molecule has 1 aliphatic rings. The number of hydrogen-bond acceptors (Lipinski definition) is 6. The molecule has 8 heteroatoms. The van der Waals surface area contributed by atoms with Crippen LogP contribution >= 0.6 is 0 Å². The summed E-state index contributed by atoms with van der Waals surface area (Å²) in [7, 11) is 0. The van der Waals surface area contributed by atoms with Gasteiger partial charge in [-0.3, -0.25) is 4.90 Å². The van der Waals surface area contributed by atoms with Gasteiger partial charge in [0.05, 0.1) is 18.0 Å². The molecule has 30 heavy (non-hydrogen) atoms. The summed E-state index contributed by atoms with van der Waals surface area (Å²) in [6.07, 6.45) is 4.34. The van der Waals surface area contributed by atoms with E-state index in [2.05, 4.69) is 31.3 Å². The molecule has 0 amide bonds. The highest BCUT2D eigenvalue weighted by molar-refractivity contribution is 5.56. The van der Waals surface area contributed by atoms with Crippen LogP contribution in [0.1, 0.15) is 35.2 Å². The molecular weight excluding hydrogens is 383 g/mol. The van der Waals surface area contributed by atoms with Crippen molar-refractivity contribution in [1.82, 2.24) is 24.6 Å². The van der Waals surface area contributed by atoms with Gasteiger partial charge in [-0.15, -0.1) is 0 Å². The van der Waals surface area contributed by atoms with Crippen LogP contribution in [-0.4, -0.2) is 48.9 Å². The van der Waals surface area contributed by atoms with E-state index in [0.29, 0.717) is 5.95 Å². The topological polar surface area (TPSA) is 79.1 Å². The number of hydrogen-bond donors (Lipinski definition) is 2. The number of piperidine rings is 1. The predicted octanol–water partition coefficient (Wildman–Crippen LogP) is 3.43. The van der Waals surface area contributed by atoms with Gasteiger partial charge in [-0.05, 0) is 56.9 Å². The Labute approximate surface area is 175 Å². The van der Waals surface area contributed by atoms with Crippen LogP contribution in [0.5, 0.6) is 0 Å². The molecule has 1 aliphatic heterocycles. The van der Waals surface area contributed by atoms with Gasteiger partial charge in [0.2, 0.25) is 5.95 Å². The predicted molar refractivity (Wildman–Crippen MR) is 114 cm³/mol. The first kappa shape index (κ1) is 20.4.